The summed E-state index contributed by atoms with van der Waals surface area (Å²) in [5.74, 6) is -0.358. The molecule has 5 heteroatoms. The van der Waals surface area contributed by atoms with E-state index in [-0.39, 0.29) is 12.0 Å². The summed E-state index contributed by atoms with van der Waals surface area (Å²) in [6.07, 6.45) is 0. The highest BCUT2D eigenvalue weighted by molar-refractivity contribution is 7.80. The molecule has 0 aliphatic heterocycles. The van der Waals surface area contributed by atoms with Crippen LogP contribution in [0.2, 0.25) is 0 Å². The van der Waals surface area contributed by atoms with E-state index in [2.05, 4.69) is 49.6 Å². The Morgan fingerprint density at radius 2 is 1.88 bits per heavy atom. The van der Waals surface area contributed by atoms with Gasteiger partial charge in [-0.25, -0.2) is 4.79 Å². The van der Waals surface area contributed by atoms with Crippen molar-refractivity contribution in [3.05, 3.63) is 64.2 Å². The monoisotopic (exact) mass is 356 g/mol. The number of nitrogens with one attached hydrogen (secondary N) is 2. The third-order valence-electron chi connectivity index (χ3n) is 4.24. The minimum Gasteiger partial charge on any atom is -0.465 e. The van der Waals surface area contributed by atoms with Crippen LogP contribution in [0.25, 0.3) is 0 Å². The van der Waals surface area contributed by atoms with Crippen LogP contribution >= 0.6 is 12.2 Å². The van der Waals surface area contributed by atoms with Crippen LogP contribution in [-0.2, 0) is 4.74 Å². The van der Waals surface area contributed by atoms with Gasteiger partial charge in [-0.15, -0.1) is 0 Å². The van der Waals surface area contributed by atoms with Crippen LogP contribution in [0.3, 0.4) is 0 Å². The van der Waals surface area contributed by atoms with Crippen LogP contribution in [-0.4, -0.2) is 18.2 Å². The Bertz CT molecular complexity index is 802. The lowest BCUT2D eigenvalue weighted by Gasteiger charge is -2.20. The van der Waals surface area contributed by atoms with Crippen LogP contribution in [0.1, 0.15) is 45.6 Å². The first-order chi connectivity index (χ1) is 11.8. The van der Waals surface area contributed by atoms with E-state index in [9.17, 15) is 4.79 Å². The molecule has 2 aromatic rings. The molecule has 0 amide bonds. The van der Waals surface area contributed by atoms with Crippen molar-refractivity contribution in [2.24, 2.45) is 0 Å². The second-order valence-corrected chi connectivity index (χ2v) is 6.56. The molecule has 25 heavy (non-hydrogen) atoms. The maximum Gasteiger partial charge on any atom is 0.338 e. The van der Waals surface area contributed by atoms with Crippen molar-refractivity contribution >= 4 is 29.0 Å². The lowest BCUT2D eigenvalue weighted by molar-refractivity contribution is 0.0600. The molecule has 0 bridgehead atoms. The molecule has 0 aliphatic carbocycles. The molecule has 0 aromatic heterocycles. The molecule has 0 heterocycles. The van der Waals surface area contributed by atoms with Crippen molar-refractivity contribution in [3.63, 3.8) is 0 Å². The summed E-state index contributed by atoms with van der Waals surface area (Å²) < 4.78 is 4.81. The van der Waals surface area contributed by atoms with Gasteiger partial charge in [0.05, 0.1) is 18.7 Å². The second kappa shape index (κ2) is 8.12. The summed E-state index contributed by atoms with van der Waals surface area (Å²) in [4.78, 5) is 11.8. The first kappa shape index (κ1) is 18.9. The first-order valence-corrected chi connectivity index (χ1v) is 8.57. The lowest BCUT2D eigenvalue weighted by atomic mass is 10.0. The van der Waals surface area contributed by atoms with Gasteiger partial charge in [-0.05, 0) is 68.7 Å². The number of carbonyl (C=O) groups excluding carboxylic acids is 1. The highest BCUT2D eigenvalue weighted by Gasteiger charge is 2.14. The molecule has 2 aromatic carbocycles. The number of ether oxygens (including phenoxy) is 1. The highest BCUT2D eigenvalue weighted by Crippen LogP contribution is 2.21. The number of methoxy groups -OCH3 is 1. The molecule has 4 nitrogen and oxygen atoms in total. The fourth-order valence-corrected chi connectivity index (χ4v) is 3.05. The lowest BCUT2D eigenvalue weighted by Crippen LogP contribution is -2.31. The minimum atomic E-state index is -0.358. The number of thiocarbonyl (C=S) groups is 1. The van der Waals surface area contributed by atoms with Crippen molar-refractivity contribution in [1.82, 2.24) is 5.32 Å². The molecule has 1 atom stereocenters. The molecule has 0 spiro atoms. The van der Waals surface area contributed by atoms with Crippen LogP contribution in [0, 0.1) is 20.8 Å². The molecule has 2 rings (SSSR count). The molecule has 132 valence electrons. The van der Waals surface area contributed by atoms with Gasteiger partial charge >= 0.3 is 5.97 Å². The zero-order chi connectivity index (χ0) is 18.6. The zero-order valence-corrected chi connectivity index (χ0v) is 16.1. The van der Waals surface area contributed by atoms with Gasteiger partial charge in [-0.2, -0.15) is 0 Å². The minimum absolute atomic E-state index is 0.0731. The van der Waals surface area contributed by atoms with Crippen molar-refractivity contribution in [1.29, 1.82) is 0 Å². The Morgan fingerprint density at radius 1 is 1.16 bits per heavy atom. The highest BCUT2D eigenvalue weighted by atomic mass is 32.1. The molecular weight excluding hydrogens is 332 g/mol. The number of hydrogen-bond donors (Lipinski definition) is 2. The maximum absolute atomic E-state index is 11.8. The van der Waals surface area contributed by atoms with Gasteiger partial charge in [0.1, 0.15) is 0 Å². The number of carbonyl (C=O) groups is 1. The summed E-state index contributed by atoms with van der Waals surface area (Å²) in [6, 6.07) is 11.9. The molecule has 0 aliphatic rings. The number of anilines is 1. The van der Waals surface area contributed by atoms with Gasteiger partial charge in [-0.3, -0.25) is 0 Å². The van der Waals surface area contributed by atoms with Crippen LogP contribution in [0.5, 0.6) is 0 Å². The Kier molecular flexibility index (Phi) is 6.15. The van der Waals surface area contributed by atoms with Gasteiger partial charge < -0.3 is 15.4 Å². The zero-order valence-electron chi connectivity index (χ0n) is 15.3. The van der Waals surface area contributed by atoms with E-state index in [4.69, 9.17) is 17.0 Å². The van der Waals surface area contributed by atoms with Crippen LogP contribution in [0.15, 0.2) is 36.4 Å². The largest absolute Gasteiger partial charge is 0.465 e. The van der Waals surface area contributed by atoms with Crippen LogP contribution in [0.4, 0.5) is 5.69 Å². The van der Waals surface area contributed by atoms with E-state index in [0.29, 0.717) is 10.7 Å². The number of hydrogen-bond acceptors (Lipinski definition) is 3. The molecule has 2 N–H and O–H groups in total. The van der Waals surface area contributed by atoms with Crippen molar-refractivity contribution in [2.75, 3.05) is 12.4 Å². The number of aryl methyl sites for hydroxylation is 2. The number of benzene rings is 2. The van der Waals surface area contributed by atoms with Gasteiger partial charge in [0.15, 0.2) is 5.11 Å². The summed E-state index contributed by atoms with van der Waals surface area (Å²) >= 11 is 5.45. The smallest absolute Gasteiger partial charge is 0.338 e. The predicted molar refractivity (Wildman–Crippen MR) is 106 cm³/mol. The van der Waals surface area contributed by atoms with Gasteiger partial charge in [0.25, 0.3) is 0 Å². The third kappa shape index (κ3) is 4.57. The van der Waals surface area contributed by atoms with E-state index in [1.165, 1.54) is 23.8 Å². The van der Waals surface area contributed by atoms with E-state index < -0.39 is 0 Å². The Labute approximate surface area is 154 Å². The maximum atomic E-state index is 11.8. The normalized spacial score (nSPS) is 11.6. The average Bonchev–Trinajstić information content (AvgIpc) is 2.58. The second-order valence-electron chi connectivity index (χ2n) is 6.15. The molecule has 0 saturated carbocycles. The molecule has 0 radical (unpaired) electrons. The molecule has 0 unspecified atom stereocenters. The fraction of sp³-hybridized carbons (Fsp3) is 0.300. The van der Waals surface area contributed by atoms with Crippen molar-refractivity contribution in [3.8, 4) is 0 Å². The summed E-state index contributed by atoms with van der Waals surface area (Å²) in [5.41, 5.74) is 5.76. The predicted octanol–water partition coefficient (Wildman–Crippen LogP) is 4.45. The third-order valence-corrected chi connectivity index (χ3v) is 4.46. The molecule has 0 fully saturated rings. The van der Waals surface area contributed by atoms with Gasteiger partial charge in [-0.1, -0.05) is 29.8 Å². The molecule has 0 saturated heterocycles. The van der Waals surface area contributed by atoms with E-state index in [1.807, 2.05) is 13.0 Å². The van der Waals surface area contributed by atoms with E-state index >= 15 is 0 Å². The van der Waals surface area contributed by atoms with E-state index in [0.717, 1.165) is 11.3 Å². The van der Waals surface area contributed by atoms with Gasteiger partial charge in [0.2, 0.25) is 0 Å². The standard InChI is InChI=1S/C20H24N2O2S/c1-12-9-10-13(2)17(11-12)15(4)21-20(25)22-18-8-6-7-16(14(18)3)19(23)24-5/h6-11,15H,1-5H3,(H2,21,22,25)/t15-/m1/s1. The van der Waals surface area contributed by atoms with Crippen molar-refractivity contribution < 1.29 is 9.53 Å². The van der Waals surface area contributed by atoms with Gasteiger partial charge in [0, 0.05) is 5.69 Å². The quantitative estimate of drug-likeness (QED) is 0.626. The Balaban J connectivity index is 2.13. The SMILES string of the molecule is COC(=O)c1cccc(NC(=S)N[C@H](C)c2cc(C)ccc2C)c1C. The van der Waals surface area contributed by atoms with Crippen LogP contribution < -0.4 is 10.6 Å². The fourth-order valence-electron chi connectivity index (χ4n) is 2.76. The summed E-state index contributed by atoms with van der Waals surface area (Å²) in [5, 5.41) is 7.00. The first-order valence-electron chi connectivity index (χ1n) is 8.16. The average molecular weight is 356 g/mol. The summed E-state index contributed by atoms with van der Waals surface area (Å²) in [7, 11) is 1.37. The Hall–Kier alpha value is -2.40. The summed E-state index contributed by atoms with van der Waals surface area (Å²) in [6.45, 7) is 8.11. The molecular formula is C20H24N2O2S. The van der Waals surface area contributed by atoms with E-state index in [1.54, 1.807) is 12.1 Å². The van der Waals surface area contributed by atoms with Crippen molar-refractivity contribution in [2.45, 2.75) is 33.7 Å². The topological polar surface area (TPSA) is 50.4 Å². The Morgan fingerprint density at radius 3 is 2.56 bits per heavy atom. The number of rotatable bonds is 4. The number of esters is 1.